The third-order valence-electron chi connectivity index (χ3n) is 2.95. The summed E-state index contributed by atoms with van der Waals surface area (Å²) in [5, 5.41) is 0. The zero-order valence-electron chi connectivity index (χ0n) is 8.95. The van der Waals surface area contributed by atoms with Gasteiger partial charge in [0.05, 0.1) is 12.2 Å². The Morgan fingerprint density at radius 3 is 3.13 bits per heavy atom. The predicted molar refractivity (Wildman–Crippen MR) is 69.3 cm³/mol. The fourth-order valence-corrected chi connectivity index (χ4v) is 2.70. The molecule has 0 N–H and O–H groups in total. The Labute approximate surface area is 105 Å². The van der Waals surface area contributed by atoms with Crippen LogP contribution in [0.2, 0.25) is 0 Å². The standard InChI is InChI=1S/C12H16INO/c1-9-5-6-14-8-11(9)12-4-2-3-10(7-13)15-12/h5-6,8,10,12H,2-4,7H2,1H3. The number of hydrogen-bond acceptors (Lipinski definition) is 2. The molecule has 0 bridgehead atoms. The molecule has 2 heterocycles. The highest BCUT2D eigenvalue weighted by Gasteiger charge is 2.23. The maximum absolute atomic E-state index is 6.05. The van der Waals surface area contributed by atoms with E-state index in [2.05, 4.69) is 40.6 Å². The molecule has 1 fully saturated rings. The van der Waals surface area contributed by atoms with Gasteiger partial charge in [0, 0.05) is 22.4 Å². The van der Waals surface area contributed by atoms with Crippen molar-refractivity contribution in [3.05, 3.63) is 29.6 Å². The van der Waals surface area contributed by atoms with E-state index in [1.807, 2.05) is 12.4 Å². The zero-order chi connectivity index (χ0) is 10.7. The van der Waals surface area contributed by atoms with E-state index in [0.29, 0.717) is 6.10 Å². The van der Waals surface area contributed by atoms with Gasteiger partial charge in [0.15, 0.2) is 0 Å². The molecule has 0 saturated carbocycles. The molecule has 0 aliphatic carbocycles. The second-order valence-corrected chi connectivity index (χ2v) is 4.94. The molecule has 3 heteroatoms. The minimum atomic E-state index is 0.271. The maximum atomic E-state index is 6.05. The Hall–Kier alpha value is -0.160. The van der Waals surface area contributed by atoms with Crippen molar-refractivity contribution in [2.45, 2.75) is 38.4 Å². The zero-order valence-corrected chi connectivity index (χ0v) is 11.1. The molecule has 1 saturated heterocycles. The summed E-state index contributed by atoms with van der Waals surface area (Å²) in [5.41, 5.74) is 2.57. The van der Waals surface area contributed by atoms with E-state index in [9.17, 15) is 0 Å². The highest BCUT2D eigenvalue weighted by Crippen LogP contribution is 2.32. The van der Waals surface area contributed by atoms with Crippen LogP contribution in [0, 0.1) is 6.92 Å². The molecule has 2 rings (SSSR count). The summed E-state index contributed by atoms with van der Waals surface area (Å²) < 4.78 is 7.15. The highest BCUT2D eigenvalue weighted by atomic mass is 127. The van der Waals surface area contributed by atoms with E-state index >= 15 is 0 Å². The van der Waals surface area contributed by atoms with Gasteiger partial charge >= 0.3 is 0 Å². The Morgan fingerprint density at radius 1 is 1.53 bits per heavy atom. The van der Waals surface area contributed by atoms with Crippen LogP contribution in [-0.2, 0) is 4.74 Å². The van der Waals surface area contributed by atoms with Gasteiger partial charge in [-0.1, -0.05) is 22.6 Å². The first-order valence-corrected chi connectivity index (χ1v) is 6.95. The molecular formula is C12H16INO. The van der Waals surface area contributed by atoms with E-state index in [0.717, 1.165) is 10.8 Å². The summed E-state index contributed by atoms with van der Waals surface area (Å²) in [5.74, 6) is 0. The van der Waals surface area contributed by atoms with Crippen molar-refractivity contribution >= 4 is 22.6 Å². The normalized spacial score (nSPS) is 26.5. The number of halogens is 1. The molecule has 2 atom stereocenters. The van der Waals surface area contributed by atoms with Gasteiger partial charge in [0.2, 0.25) is 0 Å². The average molecular weight is 317 g/mol. The van der Waals surface area contributed by atoms with Gasteiger partial charge in [0.1, 0.15) is 0 Å². The summed E-state index contributed by atoms with van der Waals surface area (Å²) in [6.45, 7) is 2.13. The fourth-order valence-electron chi connectivity index (χ4n) is 2.05. The summed E-state index contributed by atoms with van der Waals surface area (Å²) in [4.78, 5) is 4.19. The summed E-state index contributed by atoms with van der Waals surface area (Å²) in [6, 6.07) is 2.06. The third-order valence-corrected chi connectivity index (χ3v) is 3.93. The van der Waals surface area contributed by atoms with Crippen LogP contribution in [0.5, 0.6) is 0 Å². The Kier molecular flexibility index (Phi) is 3.97. The van der Waals surface area contributed by atoms with Crippen LogP contribution in [0.15, 0.2) is 18.5 Å². The molecule has 82 valence electrons. The van der Waals surface area contributed by atoms with E-state index in [1.165, 1.54) is 24.0 Å². The Bertz CT molecular complexity index is 329. The lowest BCUT2D eigenvalue weighted by molar-refractivity contribution is -0.0379. The quantitative estimate of drug-likeness (QED) is 0.616. The van der Waals surface area contributed by atoms with Gasteiger partial charge in [-0.15, -0.1) is 0 Å². The number of hydrogen-bond donors (Lipinski definition) is 0. The second-order valence-electron chi connectivity index (χ2n) is 4.06. The van der Waals surface area contributed by atoms with E-state index in [-0.39, 0.29) is 6.10 Å². The monoisotopic (exact) mass is 317 g/mol. The number of alkyl halides is 1. The first-order chi connectivity index (χ1) is 7.31. The minimum Gasteiger partial charge on any atom is -0.369 e. The van der Waals surface area contributed by atoms with Crippen LogP contribution < -0.4 is 0 Å². The average Bonchev–Trinajstić information content (AvgIpc) is 2.30. The van der Waals surface area contributed by atoms with Crippen molar-refractivity contribution < 1.29 is 4.74 Å². The molecule has 1 aliphatic rings. The van der Waals surface area contributed by atoms with Crippen LogP contribution >= 0.6 is 22.6 Å². The Morgan fingerprint density at radius 2 is 2.40 bits per heavy atom. The number of rotatable bonds is 2. The predicted octanol–water partition coefficient (Wildman–Crippen LogP) is 3.44. The van der Waals surface area contributed by atoms with Crippen molar-refractivity contribution in [1.82, 2.24) is 4.98 Å². The van der Waals surface area contributed by atoms with Crippen LogP contribution in [0.3, 0.4) is 0 Å². The first kappa shape index (κ1) is 11.3. The second kappa shape index (κ2) is 5.25. The minimum absolute atomic E-state index is 0.271. The van der Waals surface area contributed by atoms with Crippen LogP contribution in [-0.4, -0.2) is 15.5 Å². The van der Waals surface area contributed by atoms with Gasteiger partial charge < -0.3 is 4.74 Å². The molecular weight excluding hydrogens is 301 g/mol. The smallest absolute Gasteiger partial charge is 0.0846 e. The lowest BCUT2D eigenvalue weighted by atomic mass is 9.97. The van der Waals surface area contributed by atoms with E-state index in [1.54, 1.807) is 0 Å². The summed E-state index contributed by atoms with van der Waals surface area (Å²) in [7, 11) is 0. The number of aryl methyl sites for hydroxylation is 1. The molecule has 0 radical (unpaired) electrons. The molecule has 1 aliphatic heterocycles. The van der Waals surface area contributed by atoms with E-state index < -0.39 is 0 Å². The van der Waals surface area contributed by atoms with Gasteiger partial charge in [-0.25, -0.2) is 0 Å². The molecule has 2 unspecified atom stereocenters. The topological polar surface area (TPSA) is 22.1 Å². The van der Waals surface area contributed by atoms with Gasteiger partial charge in [-0.2, -0.15) is 0 Å². The first-order valence-electron chi connectivity index (χ1n) is 5.43. The molecule has 1 aromatic rings. The highest BCUT2D eigenvalue weighted by molar-refractivity contribution is 14.1. The van der Waals surface area contributed by atoms with Gasteiger partial charge in [0.25, 0.3) is 0 Å². The molecule has 0 spiro atoms. The number of pyridine rings is 1. The largest absolute Gasteiger partial charge is 0.369 e. The number of ether oxygens (including phenoxy) is 1. The SMILES string of the molecule is Cc1ccncc1C1CCCC(CI)O1. The van der Waals surface area contributed by atoms with Crippen molar-refractivity contribution in [2.24, 2.45) is 0 Å². The number of nitrogens with zero attached hydrogens (tertiary/aromatic N) is 1. The summed E-state index contributed by atoms with van der Waals surface area (Å²) in [6.07, 6.45) is 8.12. The van der Waals surface area contributed by atoms with E-state index in [4.69, 9.17) is 4.74 Å². The van der Waals surface area contributed by atoms with Crippen molar-refractivity contribution in [3.63, 3.8) is 0 Å². The molecule has 0 aromatic carbocycles. The lowest BCUT2D eigenvalue weighted by Crippen LogP contribution is -2.24. The van der Waals surface area contributed by atoms with Crippen molar-refractivity contribution in [2.75, 3.05) is 4.43 Å². The van der Waals surface area contributed by atoms with Crippen molar-refractivity contribution in [1.29, 1.82) is 0 Å². The maximum Gasteiger partial charge on any atom is 0.0846 e. The van der Waals surface area contributed by atoms with Gasteiger partial charge in [-0.05, 0) is 37.8 Å². The summed E-state index contributed by atoms with van der Waals surface area (Å²) >= 11 is 2.40. The third kappa shape index (κ3) is 2.69. The Balaban J connectivity index is 2.13. The van der Waals surface area contributed by atoms with Crippen molar-refractivity contribution in [3.8, 4) is 0 Å². The molecule has 0 amide bonds. The number of aromatic nitrogens is 1. The van der Waals surface area contributed by atoms with Crippen LogP contribution in [0.1, 0.15) is 36.5 Å². The lowest BCUT2D eigenvalue weighted by Gasteiger charge is -2.29. The van der Waals surface area contributed by atoms with Crippen LogP contribution in [0.4, 0.5) is 0 Å². The van der Waals surface area contributed by atoms with Crippen LogP contribution in [0.25, 0.3) is 0 Å². The molecule has 1 aromatic heterocycles. The fraction of sp³-hybridized carbons (Fsp3) is 0.583. The molecule has 15 heavy (non-hydrogen) atoms. The van der Waals surface area contributed by atoms with Gasteiger partial charge in [-0.3, -0.25) is 4.98 Å². The molecule has 2 nitrogen and oxygen atoms in total.